The number of anilines is 1. The molecule has 0 spiro atoms. The van der Waals surface area contributed by atoms with Crippen LogP contribution in [0.25, 0.3) is 0 Å². The Morgan fingerprint density at radius 1 is 1.22 bits per heavy atom. The third kappa shape index (κ3) is 3.39. The van der Waals surface area contributed by atoms with E-state index >= 15 is 0 Å². The van der Waals surface area contributed by atoms with Gasteiger partial charge in [-0.15, -0.1) is 0 Å². The lowest BCUT2D eigenvalue weighted by Gasteiger charge is -2.35. The summed E-state index contributed by atoms with van der Waals surface area (Å²) in [5, 5.41) is 9.74. The first kappa shape index (κ1) is 13.2. The van der Waals surface area contributed by atoms with Crippen LogP contribution in [0.1, 0.15) is 32.1 Å². The van der Waals surface area contributed by atoms with E-state index in [4.69, 9.17) is 16.7 Å². The summed E-state index contributed by atoms with van der Waals surface area (Å²) in [5.41, 5.74) is 0.953. The first-order valence-corrected chi connectivity index (χ1v) is 6.78. The molecule has 0 bridgehead atoms. The van der Waals surface area contributed by atoms with Crippen molar-refractivity contribution in [1.82, 2.24) is 0 Å². The molecule has 0 saturated heterocycles. The molecule has 98 valence electrons. The molecule has 1 aliphatic rings. The number of carbonyl (C=O) groups is 1. The van der Waals surface area contributed by atoms with Crippen LogP contribution in [-0.4, -0.2) is 23.7 Å². The molecule has 1 saturated carbocycles. The average molecular weight is 268 g/mol. The Morgan fingerprint density at radius 2 is 1.83 bits per heavy atom. The summed E-state index contributed by atoms with van der Waals surface area (Å²) in [6.45, 7) is 0.0618. The zero-order valence-electron chi connectivity index (χ0n) is 10.3. The molecule has 1 fully saturated rings. The van der Waals surface area contributed by atoms with Crippen LogP contribution in [0.5, 0.6) is 0 Å². The highest BCUT2D eigenvalue weighted by atomic mass is 35.5. The molecule has 1 N–H and O–H groups in total. The van der Waals surface area contributed by atoms with Gasteiger partial charge in [0.1, 0.15) is 6.54 Å². The summed E-state index contributed by atoms with van der Waals surface area (Å²) in [6.07, 6.45) is 5.80. The summed E-state index contributed by atoms with van der Waals surface area (Å²) in [5.74, 6) is -0.782. The van der Waals surface area contributed by atoms with Crippen LogP contribution in [-0.2, 0) is 4.79 Å². The Labute approximate surface area is 112 Å². The molecule has 0 unspecified atom stereocenters. The summed E-state index contributed by atoms with van der Waals surface area (Å²) in [6, 6.07) is 7.78. The standard InChI is InChI=1S/C14H18ClNO2/c15-11-6-8-13(9-7-11)16(10-14(17)18)12-4-2-1-3-5-12/h6-9,12H,1-5,10H2,(H,17,18). The van der Waals surface area contributed by atoms with Gasteiger partial charge in [-0.3, -0.25) is 4.79 Å². The van der Waals surface area contributed by atoms with Crippen molar-refractivity contribution in [3.05, 3.63) is 29.3 Å². The Balaban J connectivity index is 2.17. The first-order valence-electron chi connectivity index (χ1n) is 6.41. The van der Waals surface area contributed by atoms with Crippen molar-refractivity contribution in [3.8, 4) is 0 Å². The third-order valence-corrected chi connectivity index (χ3v) is 3.73. The van der Waals surface area contributed by atoms with E-state index in [1.54, 1.807) is 0 Å². The summed E-state index contributed by atoms with van der Waals surface area (Å²) in [7, 11) is 0. The van der Waals surface area contributed by atoms with Crippen molar-refractivity contribution >= 4 is 23.3 Å². The van der Waals surface area contributed by atoms with E-state index in [2.05, 4.69) is 0 Å². The number of halogens is 1. The van der Waals surface area contributed by atoms with Gasteiger partial charge in [-0.25, -0.2) is 0 Å². The van der Waals surface area contributed by atoms with E-state index in [9.17, 15) is 4.79 Å². The van der Waals surface area contributed by atoms with Crippen molar-refractivity contribution in [2.75, 3.05) is 11.4 Å². The Morgan fingerprint density at radius 3 is 2.39 bits per heavy atom. The quantitative estimate of drug-likeness (QED) is 0.907. The van der Waals surface area contributed by atoms with E-state index in [1.165, 1.54) is 19.3 Å². The topological polar surface area (TPSA) is 40.5 Å². The molecule has 2 rings (SSSR count). The van der Waals surface area contributed by atoms with E-state index < -0.39 is 5.97 Å². The largest absolute Gasteiger partial charge is 0.480 e. The second kappa shape index (κ2) is 6.10. The molecule has 3 nitrogen and oxygen atoms in total. The van der Waals surface area contributed by atoms with Gasteiger partial charge in [-0.1, -0.05) is 30.9 Å². The zero-order chi connectivity index (χ0) is 13.0. The van der Waals surface area contributed by atoms with Crippen molar-refractivity contribution in [2.24, 2.45) is 0 Å². The molecule has 0 atom stereocenters. The molecule has 4 heteroatoms. The predicted molar refractivity (Wildman–Crippen MR) is 73.3 cm³/mol. The lowest BCUT2D eigenvalue weighted by Crippen LogP contribution is -2.40. The Kier molecular flexibility index (Phi) is 4.48. The first-order chi connectivity index (χ1) is 8.66. The Bertz CT molecular complexity index is 399. The minimum atomic E-state index is -0.782. The van der Waals surface area contributed by atoms with Crippen molar-refractivity contribution in [2.45, 2.75) is 38.1 Å². The van der Waals surface area contributed by atoms with Crippen LogP contribution in [0.2, 0.25) is 5.02 Å². The molecule has 0 heterocycles. The monoisotopic (exact) mass is 267 g/mol. The van der Waals surface area contributed by atoms with Gasteiger partial charge in [-0.05, 0) is 37.1 Å². The number of aliphatic carboxylic acids is 1. The van der Waals surface area contributed by atoms with Gasteiger partial charge in [0.2, 0.25) is 0 Å². The highest BCUT2D eigenvalue weighted by Crippen LogP contribution is 2.28. The van der Waals surface area contributed by atoms with E-state index in [0.717, 1.165) is 18.5 Å². The minimum Gasteiger partial charge on any atom is -0.480 e. The van der Waals surface area contributed by atoms with Crippen molar-refractivity contribution in [3.63, 3.8) is 0 Å². The molecule has 0 aromatic heterocycles. The van der Waals surface area contributed by atoms with Crippen LogP contribution in [0.15, 0.2) is 24.3 Å². The summed E-state index contributed by atoms with van der Waals surface area (Å²) < 4.78 is 0. The number of hydrogen-bond donors (Lipinski definition) is 1. The maximum atomic E-state index is 11.0. The van der Waals surface area contributed by atoms with Crippen LogP contribution in [0.3, 0.4) is 0 Å². The van der Waals surface area contributed by atoms with Gasteiger partial charge >= 0.3 is 5.97 Å². The molecular formula is C14H18ClNO2. The normalized spacial score (nSPS) is 16.5. The molecule has 1 aromatic carbocycles. The maximum absolute atomic E-state index is 11.0. The van der Waals surface area contributed by atoms with Gasteiger partial charge < -0.3 is 10.0 Å². The molecule has 0 amide bonds. The van der Waals surface area contributed by atoms with Crippen molar-refractivity contribution in [1.29, 1.82) is 0 Å². The van der Waals surface area contributed by atoms with Gasteiger partial charge in [0.05, 0.1) is 0 Å². The molecule has 1 aromatic rings. The fourth-order valence-corrected chi connectivity index (χ4v) is 2.73. The maximum Gasteiger partial charge on any atom is 0.323 e. The number of rotatable bonds is 4. The highest BCUT2D eigenvalue weighted by Gasteiger charge is 2.23. The van der Waals surface area contributed by atoms with E-state index in [-0.39, 0.29) is 6.54 Å². The minimum absolute atomic E-state index is 0.0618. The number of hydrogen-bond acceptors (Lipinski definition) is 2. The van der Waals surface area contributed by atoms with E-state index in [1.807, 2.05) is 29.2 Å². The number of nitrogens with zero attached hydrogens (tertiary/aromatic N) is 1. The fourth-order valence-electron chi connectivity index (χ4n) is 2.60. The van der Waals surface area contributed by atoms with Gasteiger partial charge in [0.15, 0.2) is 0 Å². The number of carboxylic acids is 1. The number of benzene rings is 1. The fraction of sp³-hybridized carbons (Fsp3) is 0.500. The van der Waals surface area contributed by atoms with Gasteiger partial charge in [0.25, 0.3) is 0 Å². The zero-order valence-corrected chi connectivity index (χ0v) is 11.1. The average Bonchev–Trinajstić information content (AvgIpc) is 2.38. The lowest BCUT2D eigenvalue weighted by molar-refractivity contribution is -0.135. The van der Waals surface area contributed by atoms with Crippen LogP contribution in [0, 0.1) is 0 Å². The van der Waals surface area contributed by atoms with E-state index in [0.29, 0.717) is 11.1 Å². The SMILES string of the molecule is O=C(O)CN(c1ccc(Cl)cc1)C1CCCCC1. The molecule has 18 heavy (non-hydrogen) atoms. The summed E-state index contributed by atoms with van der Waals surface area (Å²) in [4.78, 5) is 13.0. The summed E-state index contributed by atoms with van der Waals surface area (Å²) >= 11 is 5.87. The second-order valence-corrected chi connectivity index (χ2v) is 5.23. The molecule has 1 aliphatic carbocycles. The van der Waals surface area contributed by atoms with Gasteiger partial charge in [0, 0.05) is 16.8 Å². The highest BCUT2D eigenvalue weighted by molar-refractivity contribution is 6.30. The molecule has 0 aliphatic heterocycles. The number of carboxylic acid groups (broad SMARTS) is 1. The van der Waals surface area contributed by atoms with Crippen LogP contribution in [0.4, 0.5) is 5.69 Å². The third-order valence-electron chi connectivity index (χ3n) is 3.48. The molecule has 0 radical (unpaired) electrons. The molecular weight excluding hydrogens is 250 g/mol. The lowest BCUT2D eigenvalue weighted by atomic mass is 9.93. The van der Waals surface area contributed by atoms with Crippen LogP contribution >= 0.6 is 11.6 Å². The predicted octanol–water partition coefficient (Wildman–Crippen LogP) is 3.56. The smallest absolute Gasteiger partial charge is 0.323 e. The van der Waals surface area contributed by atoms with Crippen LogP contribution < -0.4 is 4.90 Å². The second-order valence-electron chi connectivity index (χ2n) is 4.79. The van der Waals surface area contributed by atoms with Gasteiger partial charge in [-0.2, -0.15) is 0 Å². The van der Waals surface area contributed by atoms with Crippen molar-refractivity contribution < 1.29 is 9.90 Å². The Hall–Kier alpha value is -1.22.